The van der Waals surface area contributed by atoms with Crippen LogP contribution in [0.15, 0.2) is 55.0 Å². The standard InChI is InChI=1S/C31H33ClFN7O3S/c1-3-38-20-34-16-23(38)17-40-25-15-26(31(41)42-4-2)44-30(25)36-28(40)18-37-10-12-39(13-11-37)27-6-5-7-29(35-27)43-19-21-8-9-22(32)14-24(21)33/h5-9,14-16,20H,3-4,10-13,17-19H2,1-2H3. The maximum atomic E-state index is 14.2. The number of benzene rings is 1. The van der Waals surface area contributed by atoms with Crippen LogP contribution in [0.5, 0.6) is 5.88 Å². The number of carbonyl (C=O) groups is 1. The number of anilines is 1. The third kappa shape index (κ3) is 6.57. The first kappa shape index (κ1) is 30.0. The summed E-state index contributed by atoms with van der Waals surface area (Å²) in [6.45, 7) is 9.61. The normalized spacial score (nSPS) is 14.0. The van der Waals surface area contributed by atoms with Gasteiger partial charge < -0.3 is 23.5 Å². The van der Waals surface area contributed by atoms with E-state index in [0.717, 1.165) is 60.4 Å². The van der Waals surface area contributed by atoms with Gasteiger partial charge in [-0.1, -0.05) is 23.7 Å². The molecule has 0 amide bonds. The molecule has 0 N–H and O–H groups in total. The summed E-state index contributed by atoms with van der Waals surface area (Å²) in [4.78, 5) is 32.4. The van der Waals surface area contributed by atoms with Crippen molar-refractivity contribution in [2.45, 2.75) is 40.1 Å². The van der Waals surface area contributed by atoms with Crippen molar-refractivity contribution in [1.29, 1.82) is 0 Å². The first-order valence-corrected chi connectivity index (χ1v) is 15.8. The Balaban J connectivity index is 1.13. The number of pyridine rings is 1. The minimum atomic E-state index is -0.402. The lowest BCUT2D eigenvalue weighted by Crippen LogP contribution is -2.46. The first-order chi connectivity index (χ1) is 21.4. The molecule has 5 heterocycles. The summed E-state index contributed by atoms with van der Waals surface area (Å²) >= 11 is 7.22. The summed E-state index contributed by atoms with van der Waals surface area (Å²) in [7, 11) is 0. The molecule has 230 valence electrons. The van der Waals surface area contributed by atoms with E-state index in [0.29, 0.717) is 41.0 Å². The molecule has 0 radical (unpaired) electrons. The lowest BCUT2D eigenvalue weighted by atomic mass is 10.2. The predicted molar refractivity (Wildman–Crippen MR) is 168 cm³/mol. The van der Waals surface area contributed by atoms with E-state index in [4.69, 9.17) is 26.1 Å². The second-order valence-electron chi connectivity index (χ2n) is 10.4. The van der Waals surface area contributed by atoms with Gasteiger partial charge in [-0.3, -0.25) is 4.90 Å². The number of aryl methyl sites for hydroxylation is 1. The van der Waals surface area contributed by atoms with E-state index >= 15 is 0 Å². The number of hydrogen-bond acceptors (Lipinski definition) is 9. The fourth-order valence-electron chi connectivity index (χ4n) is 5.27. The number of nitrogens with zero attached hydrogens (tertiary/aromatic N) is 7. The topological polar surface area (TPSA) is 90.5 Å². The summed E-state index contributed by atoms with van der Waals surface area (Å²) in [6.07, 6.45) is 3.72. The van der Waals surface area contributed by atoms with Gasteiger partial charge in [-0.25, -0.2) is 19.2 Å². The second kappa shape index (κ2) is 13.3. The van der Waals surface area contributed by atoms with Gasteiger partial charge in [0.05, 0.1) is 37.2 Å². The molecule has 1 aromatic carbocycles. The Labute approximate surface area is 263 Å². The molecular weight excluding hydrogens is 605 g/mol. The van der Waals surface area contributed by atoms with Crippen molar-refractivity contribution in [3.8, 4) is 5.88 Å². The fraction of sp³-hybridized carbons (Fsp3) is 0.355. The van der Waals surface area contributed by atoms with E-state index in [1.807, 2.05) is 30.7 Å². The number of halogens is 2. The van der Waals surface area contributed by atoms with Gasteiger partial charge >= 0.3 is 5.97 Å². The quantitative estimate of drug-likeness (QED) is 0.172. The Kier molecular flexibility index (Phi) is 9.10. The molecule has 0 bridgehead atoms. The maximum absolute atomic E-state index is 14.2. The molecule has 0 unspecified atom stereocenters. The Bertz CT molecular complexity index is 1760. The number of carbonyl (C=O) groups excluding carboxylic acids is 1. The Hall–Kier alpha value is -4.00. The first-order valence-electron chi connectivity index (χ1n) is 14.6. The molecule has 6 rings (SSSR count). The Morgan fingerprint density at radius 2 is 1.91 bits per heavy atom. The largest absolute Gasteiger partial charge is 0.473 e. The highest BCUT2D eigenvalue weighted by atomic mass is 35.5. The number of fused-ring (bicyclic) bond motifs is 1. The maximum Gasteiger partial charge on any atom is 0.348 e. The molecule has 0 aliphatic carbocycles. The molecule has 10 nitrogen and oxygen atoms in total. The Morgan fingerprint density at radius 3 is 2.68 bits per heavy atom. The van der Waals surface area contributed by atoms with E-state index in [-0.39, 0.29) is 12.6 Å². The van der Waals surface area contributed by atoms with Gasteiger partial charge in [0.2, 0.25) is 5.88 Å². The van der Waals surface area contributed by atoms with Crippen molar-refractivity contribution in [2.24, 2.45) is 0 Å². The van der Waals surface area contributed by atoms with Crippen molar-refractivity contribution in [3.05, 3.63) is 87.8 Å². The average Bonchev–Trinajstić information content (AvgIpc) is 3.73. The highest BCUT2D eigenvalue weighted by Crippen LogP contribution is 2.29. The molecular formula is C31H33ClFN7O3S. The highest BCUT2D eigenvalue weighted by Gasteiger charge is 2.24. The zero-order valence-electron chi connectivity index (χ0n) is 24.6. The van der Waals surface area contributed by atoms with Gasteiger partial charge in [0, 0.05) is 55.6 Å². The molecule has 0 spiro atoms. The van der Waals surface area contributed by atoms with Crippen molar-refractivity contribution < 1.29 is 18.7 Å². The number of rotatable bonds is 11. The highest BCUT2D eigenvalue weighted by molar-refractivity contribution is 7.20. The van der Waals surface area contributed by atoms with Crippen molar-refractivity contribution in [3.63, 3.8) is 0 Å². The molecule has 1 saturated heterocycles. The van der Waals surface area contributed by atoms with Crippen LogP contribution in [-0.4, -0.2) is 67.7 Å². The van der Waals surface area contributed by atoms with E-state index in [9.17, 15) is 9.18 Å². The minimum absolute atomic E-state index is 0.0671. The Morgan fingerprint density at radius 1 is 1.07 bits per heavy atom. The van der Waals surface area contributed by atoms with Gasteiger partial charge in [0.1, 0.15) is 33.8 Å². The van der Waals surface area contributed by atoms with Gasteiger partial charge in [-0.05, 0) is 38.1 Å². The average molecular weight is 638 g/mol. The smallest absolute Gasteiger partial charge is 0.348 e. The summed E-state index contributed by atoms with van der Waals surface area (Å²) in [5.41, 5.74) is 2.42. The van der Waals surface area contributed by atoms with Crippen LogP contribution in [0.3, 0.4) is 0 Å². The molecule has 4 aromatic heterocycles. The van der Waals surface area contributed by atoms with E-state index < -0.39 is 5.82 Å². The number of aromatic nitrogens is 5. The zero-order valence-corrected chi connectivity index (χ0v) is 26.2. The summed E-state index contributed by atoms with van der Waals surface area (Å²) < 4.78 is 29.5. The summed E-state index contributed by atoms with van der Waals surface area (Å²) in [6, 6.07) is 12.1. The molecule has 1 aliphatic rings. The minimum Gasteiger partial charge on any atom is -0.473 e. The van der Waals surface area contributed by atoms with Crippen molar-refractivity contribution in [1.82, 2.24) is 29.0 Å². The molecule has 1 fully saturated rings. The van der Waals surface area contributed by atoms with Crippen molar-refractivity contribution >= 4 is 45.1 Å². The number of imidazole rings is 2. The molecule has 1 aliphatic heterocycles. The number of thiophene rings is 1. The summed E-state index contributed by atoms with van der Waals surface area (Å²) in [5.74, 6) is 1.48. The molecule has 0 saturated carbocycles. The van der Waals surface area contributed by atoms with Crippen LogP contribution in [0.1, 0.15) is 40.6 Å². The van der Waals surface area contributed by atoms with Crippen molar-refractivity contribution in [2.75, 3.05) is 37.7 Å². The number of esters is 1. The van der Waals surface area contributed by atoms with Crippen LogP contribution >= 0.6 is 22.9 Å². The predicted octanol–water partition coefficient (Wildman–Crippen LogP) is 5.63. The fourth-order valence-corrected chi connectivity index (χ4v) is 6.38. The third-order valence-electron chi connectivity index (χ3n) is 7.62. The van der Waals surface area contributed by atoms with Crippen LogP contribution in [0, 0.1) is 5.82 Å². The number of hydrogen-bond donors (Lipinski definition) is 0. The van der Waals surface area contributed by atoms with E-state index in [2.05, 4.69) is 35.8 Å². The van der Waals surface area contributed by atoms with E-state index in [1.54, 1.807) is 25.1 Å². The van der Waals surface area contributed by atoms with Crippen LogP contribution in [-0.2, 0) is 31.0 Å². The van der Waals surface area contributed by atoms with Gasteiger partial charge in [-0.15, -0.1) is 11.3 Å². The molecule has 13 heteroatoms. The van der Waals surface area contributed by atoms with E-state index in [1.165, 1.54) is 17.4 Å². The van der Waals surface area contributed by atoms with Gasteiger partial charge in [0.25, 0.3) is 0 Å². The van der Waals surface area contributed by atoms with Crippen LogP contribution in [0.25, 0.3) is 10.3 Å². The van der Waals surface area contributed by atoms with Crippen LogP contribution in [0.4, 0.5) is 10.2 Å². The lowest BCUT2D eigenvalue weighted by molar-refractivity contribution is 0.0532. The summed E-state index contributed by atoms with van der Waals surface area (Å²) in [5, 5.41) is 0.349. The monoisotopic (exact) mass is 637 g/mol. The lowest BCUT2D eigenvalue weighted by Gasteiger charge is -2.35. The van der Waals surface area contributed by atoms with Crippen LogP contribution < -0.4 is 9.64 Å². The molecule has 44 heavy (non-hydrogen) atoms. The number of piperazine rings is 1. The van der Waals surface area contributed by atoms with Gasteiger partial charge in [-0.2, -0.15) is 4.98 Å². The SMILES string of the molecule is CCOC(=O)c1cc2c(nc(CN3CCN(c4cccc(OCc5ccc(Cl)cc5F)n4)CC3)n2Cc2cncn2CC)s1. The zero-order chi connectivity index (χ0) is 30.6. The second-order valence-corrected chi connectivity index (χ2v) is 11.9. The third-order valence-corrected chi connectivity index (χ3v) is 8.86. The number of ether oxygens (including phenoxy) is 2. The molecule has 5 aromatic rings. The molecule has 0 atom stereocenters. The van der Waals surface area contributed by atoms with Gasteiger partial charge in [0.15, 0.2) is 0 Å². The van der Waals surface area contributed by atoms with Crippen LogP contribution in [0.2, 0.25) is 5.02 Å².